The number of rotatable bonds is 6. The first kappa shape index (κ1) is 27.1. The molecule has 0 saturated carbocycles. The van der Waals surface area contributed by atoms with Gasteiger partial charge < -0.3 is 14.9 Å². The van der Waals surface area contributed by atoms with E-state index < -0.39 is 21.7 Å². The zero-order chi connectivity index (χ0) is 25.8. The van der Waals surface area contributed by atoms with Crippen LogP contribution in [0.2, 0.25) is 0 Å². The third kappa shape index (κ3) is 7.03. The molecule has 1 aromatic heterocycles. The monoisotopic (exact) mass is 501 g/mol. The number of hydrogen-bond acceptors (Lipinski definition) is 7. The summed E-state index contributed by atoms with van der Waals surface area (Å²) in [6.45, 7) is 8.00. The Labute approximate surface area is 208 Å². The average Bonchev–Trinajstić information content (AvgIpc) is 2.79. The van der Waals surface area contributed by atoms with E-state index >= 15 is 0 Å². The van der Waals surface area contributed by atoms with E-state index in [9.17, 15) is 18.6 Å². The Morgan fingerprint density at radius 1 is 1.29 bits per heavy atom. The van der Waals surface area contributed by atoms with Crippen molar-refractivity contribution in [3.63, 3.8) is 0 Å². The number of sulfonamides is 1. The summed E-state index contributed by atoms with van der Waals surface area (Å²) in [6, 6.07) is 8.04. The van der Waals surface area contributed by atoms with Crippen molar-refractivity contribution < 1.29 is 23.4 Å². The number of hydrogen-bond donors (Lipinski definition) is 2. The fourth-order valence-corrected chi connectivity index (χ4v) is 5.74. The molecule has 0 unspecified atom stereocenters. The maximum Gasteiger partial charge on any atom is 0.247 e. The molecular weight excluding hydrogens is 466 g/mol. The second-order valence-electron chi connectivity index (χ2n) is 9.76. The summed E-state index contributed by atoms with van der Waals surface area (Å²) in [5.74, 6) is 5.72. The normalized spacial score (nSPS) is 21.1. The number of fused-ring (bicyclic) bond motifs is 1. The third-order valence-electron chi connectivity index (χ3n) is 5.87. The highest BCUT2D eigenvalue weighted by molar-refractivity contribution is 7.89. The molecule has 9 heteroatoms. The molecule has 0 amide bonds. The largest absolute Gasteiger partial charge is 0.487 e. The summed E-state index contributed by atoms with van der Waals surface area (Å²) in [6.07, 6.45) is 3.19. The molecule has 0 radical (unpaired) electrons. The summed E-state index contributed by atoms with van der Waals surface area (Å²) < 4.78 is 34.9. The number of ether oxygens (including phenoxy) is 1. The van der Waals surface area contributed by atoms with Crippen LogP contribution in [0.4, 0.5) is 0 Å². The maximum atomic E-state index is 13.6. The van der Waals surface area contributed by atoms with Gasteiger partial charge in [0.2, 0.25) is 10.0 Å². The second kappa shape index (κ2) is 11.1. The lowest BCUT2D eigenvalue weighted by atomic mass is 10.0. The standard InChI is InChI=1S/C26H35N3O5S/c1-19-15-29(20(2)18-30)35(32,33)25-7-6-21(8-11-26(3,4)31)14-23(25)34-24(19)17-28(5)16-22-9-12-27-13-10-22/h6-7,9-10,12-14,19-20,24,30-31H,15-18H2,1-5H3/t19-,20+,24-/m0/s1. The molecule has 2 heterocycles. The predicted octanol–water partition coefficient (Wildman–Crippen LogP) is 2.10. The van der Waals surface area contributed by atoms with Crippen LogP contribution in [0.15, 0.2) is 47.6 Å². The SMILES string of the molecule is C[C@H](CO)N1C[C@H](C)[C@H](CN(C)Cc2ccncc2)Oc2cc(C#CC(C)(C)O)ccc2S1(=O)=O. The number of nitrogens with zero attached hydrogens (tertiary/aromatic N) is 3. The van der Waals surface area contributed by atoms with Crippen molar-refractivity contribution in [2.75, 3.05) is 26.7 Å². The van der Waals surface area contributed by atoms with E-state index in [4.69, 9.17) is 4.74 Å². The van der Waals surface area contributed by atoms with Crippen molar-refractivity contribution in [1.29, 1.82) is 0 Å². The highest BCUT2D eigenvalue weighted by Crippen LogP contribution is 2.34. The molecule has 190 valence electrons. The van der Waals surface area contributed by atoms with Gasteiger partial charge >= 0.3 is 0 Å². The molecule has 1 aromatic carbocycles. The van der Waals surface area contributed by atoms with Crippen LogP contribution in [0, 0.1) is 17.8 Å². The molecule has 0 saturated heterocycles. The van der Waals surface area contributed by atoms with E-state index in [2.05, 4.69) is 21.7 Å². The zero-order valence-electron chi connectivity index (χ0n) is 21.0. The number of aliphatic hydroxyl groups is 2. The van der Waals surface area contributed by atoms with Gasteiger partial charge in [-0.25, -0.2) is 8.42 Å². The molecule has 2 aromatic rings. The van der Waals surface area contributed by atoms with Gasteiger partial charge in [-0.05, 0) is 63.7 Å². The molecular formula is C26H35N3O5S. The Morgan fingerprint density at radius 2 is 1.97 bits per heavy atom. The van der Waals surface area contributed by atoms with Crippen LogP contribution in [-0.2, 0) is 16.6 Å². The van der Waals surface area contributed by atoms with Crippen molar-refractivity contribution in [3.05, 3.63) is 53.9 Å². The van der Waals surface area contributed by atoms with Gasteiger partial charge in [0.25, 0.3) is 0 Å². The summed E-state index contributed by atoms with van der Waals surface area (Å²) in [5, 5.41) is 19.8. The van der Waals surface area contributed by atoms with Gasteiger partial charge in [0.05, 0.1) is 6.61 Å². The van der Waals surface area contributed by atoms with Crippen molar-refractivity contribution in [2.45, 2.75) is 56.9 Å². The van der Waals surface area contributed by atoms with E-state index in [0.717, 1.165) is 5.56 Å². The molecule has 8 nitrogen and oxygen atoms in total. The number of pyridine rings is 1. The minimum absolute atomic E-state index is 0.0419. The van der Waals surface area contributed by atoms with E-state index in [1.165, 1.54) is 10.4 Å². The van der Waals surface area contributed by atoms with Crippen molar-refractivity contribution in [3.8, 4) is 17.6 Å². The van der Waals surface area contributed by atoms with Gasteiger partial charge in [-0.3, -0.25) is 9.88 Å². The Bertz CT molecular complexity index is 1170. The average molecular weight is 502 g/mol. The minimum atomic E-state index is -3.92. The molecule has 3 atom stereocenters. The molecule has 3 rings (SSSR count). The van der Waals surface area contributed by atoms with E-state index in [1.807, 2.05) is 26.1 Å². The summed E-state index contributed by atoms with van der Waals surface area (Å²) in [7, 11) is -1.92. The highest BCUT2D eigenvalue weighted by Gasteiger charge is 2.38. The molecule has 1 aliphatic rings. The zero-order valence-corrected chi connectivity index (χ0v) is 21.8. The number of aliphatic hydroxyl groups excluding tert-OH is 1. The molecule has 35 heavy (non-hydrogen) atoms. The molecule has 0 bridgehead atoms. The van der Waals surface area contributed by atoms with Gasteiger partial charge in [-0.1, -0.05) is 18.8 Å². The topological polar surface area (TPSA) is 103 Å². The molecule has 0 spiro atoms. The Balaban J connectivity index is 2.00. The number of benzene rings is 1. The molecule has 0 aliphatic carbocycles. The number of likely N-dealkylation sites (N-methyl/N-ethyl adjacent to an activating group) is 1. The molecule has 1 aliphatic heterocycles. The highest BCUT2D eigenvalue weighted by atomic mass is 32.2. The summed E-state index contributed by atoms with van der Waals surface area (Å²) in [4.78, 5) is 6.23. The lowest BCUT2D eigenvalue weighted by Crippen LogP contribution is -2.49. The lowest BCUT2D eigenvalue weighted by Gasteiger charge is -2.37. The van der Waals surface area contributed by atoms with Crippen LogP contribution in [-0.4, -0.2) is 77.3 Å². The van der Waals surface area contributed by atoms with Crippen molar-refractivity contribution in [1.82, 2.24) is 14.2 Å². The van der Waals surface area contributed by atoms with Gasteiger partial charge in [0.1, 0.15) is 22.4 Å². The van der Waals surface area contributed by atoms with E-state index in [1.54, 1.807) is 45.3 Å². The predicted molar refractivity (Wildman–Crippen MR) is 134 cm³/mol. The van der Waals surface area contributed by atoms with Crippen molar-refractivity contribution in [2.24, 2.45) is 5.92 Å². The fourth-order valence-electron chi connectivity index (χ4n) is 3.92. The van der Waals surface area contributed by atoms with Crippen LogP contribution in [0.1, 0.15) is 38.8 Å². The first-order chi connectivity index (χ1) is 16.4. The molecule has 2 N–H and O–H groups in total. The Hall–Kier alpha value is -2.48. The van der Waals surface area contributed by atoms with Crippen LogP contribution >= 0.6 is 0 Å². The minimum Gasteiger partial charge on any atom is -0.487 e. The van der Waals surface area contributed by atoms with E-state index in [0.29, 0.717) is 18.7 Å². The van der Waals surface area contributed by atoms with Crippen molar-refractivity contribution >= 4 is 10.0 Å². The van der Waals surface area contributed by atoms with Gasteiger partial charge in [-0.15, -0.1) is 0 Å². The first-order valence-corrected chi connectivity index (χ1v) is 13.1. The van der Waals surface area contributed by atoms with Gasteiger partial charge in [0.15, 0.2) is 0 Å². The summed E-state index contributed by atoms with van der Waals surface area (Å²) >= 11 is 0. The lowest BCUT2D eigenvalue weighted by molar-refractivity contribution is 0.0733. The quantitative estimate of drug-likeness (QED) is 0.585. The van der Waals surface area contributed by atoms with E-state index in [-0.39, 0.29) is 35.8 Å². The van der Waals surface area contributed by atoms with Crippen LogP contribution in [0.25, 0.3) is 0 Å². The maximum absolute atomic E-state index is 13.6. The smallest absolute Gasteiger partial charge is 0.247 e. The summed E-state index contributed by atoms with van der Waals surface area (Å²) in [5.41, 5.74) is 0.473. The second-order valence-corrected chi connectivity index (χ2v) is 11.6. The van der Waals surface area contributed by atoms with Gasteiger partial charge in [-0.2, -0.15) is 4.31 Å². The van der Waals surface area contributed by atoms with Crippen LogP contribution < -0.4 is 4.74 Å². The van der Waals surface area contributed by atoms with Gasteiger partial charge in [0, 0.05) is 49.6 Å². The van der Waals surface area contributed by atoms with Crippen LogP contribution in [0.3, 0.4) is 0 Å². The first-order valence-electron chi connectivity index (χ1n) is 11.7. The fraction of sp³-hybridized carbons (Fsp3) is 0.500. The number of aromatic nitrogens is 1. The third-order valence-corrected chi connectivity index (χ3v) is 7.89. The Kier molecular flexibility index (Phi) is 8.57. The molecule has 0 fully saturated rings. The Morgan fingerprint density at radius 3 is 2.60 bits per heavy atom. The van der Waals surface area contributed by atoms with Crippen LogP contribution in [0.5, 0.6) is 5.75 Å².